The van der Waals surface area contributed by atoms with E-state index in [2.05, 4.69) is 20.6 Å². The Morgan fingerprint density at radius 3 is 2.66 bits per heavy atom. The highest BCUT2D eigenvalue weighted by molar-refractivity contribution is 14.0. The summed E-state index contributed by atoms with van der Waals surface area (Å²) in [5.41, 5.74) is 3.12. The fourth-order valence-electron chi connectivity index (χ4n) is 2.73. The maximum Gasteiger partial charge on any atom is 0.213 e. The van der Waals surface area contributed by atoms with Crippen molar-refractivity contribution in [2.45, 2.75) is 31.7 Å². The molecule has 29 heavy (non-hydrogen) atoms. The SMILES string of the molecule is CN=C(NCc1ccc(OCC2CC2)nc1)NCc1ccc(F)cc1CSC.I. The predicted octanol–water partition coefficient (Wildman–Crippen LogP) is 4.36. The van der Waals surface area contributed by atoms with Crippen molar-refractivity contribution in [3.8, 4) is 5.88 Å². The van der Waals surface area contributed by atoms with Crippen LogP contribution in [-0.4, -0.2) is 30.9 Å². The number of hydrogen-bond donors (Lipinski definition) is 2. The van der Waals surface area contributed by atoms with E-state index < -0.39 is 0 Å². The van der Waals surface area contributed by atoms with Crippen LogP contribution in [0.4, 0.5) is 4.39 Å². The molecular formula is C21H28FIN4OS. The van der Waals surface area contributed by atoms with Gasteiger partial charge in [-0.25, -0.2) is 9.37 Å². The summed E-state index contributed by atoms with van der Waals surface area (Å²) in [7, 11) is 1.73. The van der Waals surface area contributed by atoms with Gasteiger partial charge < -0.3 is 15.4 Å². The smallest absolute Gasteiger partial charge is 0.213 e. The van der Waals surface area contributed by atoms with Crippen molar-refractivity contribution >= 4 is 41.7 Å². The molecule has 0 unspecified atom stereocenters. The lowest BCUT2D eigenvalue weighted by Gasteiger charge is -2.14. The molecule has 0 bridgehead atoms. The standard InChI is InChI=1S/C21H27FN4OS.HI/c1-23-21(26-12-17-6-7-19(22)9-18(17)14-28-2)25-11-16-5-8-20(24-10-16)27-13-15-3-4-15;/h5-10,15H,3-4,11-14H2,1-2H3,(H2,23,25,26);1H. The van der Waals surface area contributed by atoms with E-state index in [1.807, 2.05) is 30.7 Å². The summed E-state index contributed by atoms with van der Waals surface area (Å²) < 4.78 is 19.1. The zero-order valence-corrected chi connectivity index (χ0v) is 19.9. The Morgan fingerprint density at radius 1 is 1.21 bits per heavy atom. The second-order valence-electron chi connectivity index (χ2n) is 6.88. The number of guanidine groups is 1. The summed E-state index contributed by atoms with van der Waals surface area (Å²) in [5, 5.41) is 6.56. The van der Waals surface area contributed by atoms with Gasteiger partial charge >= 0.3 is 0 Å². The Labute approximate surface area is 193 Å². The number of rotatable bonds is 9. The van der Waals surface area contributed by atoms with Crippen LogP contribution in [0.5, 0.6) is 5.88 Å². The number of thioether (sulfide) groups is 1. The average molecular weight is 530 g/mol. The van der Waals surface area contributed by atoms with Gasteiger partial charge in [0.05, 0.1) is 6.61 Å². The van der Waals surface area contributed by atoms with Gasteiger partial charge in [-0.3, -0.25) is 4.99 Å². The second kappa shape index (κ2) is 12.2. The average Bonchev–Trinajstić information content (AvgIpc) is 3.53. The van der Waals surface area contributed by atoms with Crippen molar-refractivity contribution in [1.29, 1.82) is 0 Å². The molecule has 1 aliphatic rings. The maximum atomic E-state index is 13.5. The number of aromatic nitrogens is 1. The van der Waals surface area contributed by atoms with E-state index in [0.29, 0.717) is 24.9 Å². The molecule has 0 spiro atoms. The molecule has 0 amide bonds. The molecule has 1 saturated carbocycles. The van der Waals surface area contributed by atoms with E-state index in [1.165, 1.54) is 18.9 Å². The normalized spacial score (nSPS) is 13.6. The van der Waals surface area contributed by atoms with Gasteiger partial charge in [-0.15, -0.1) is 24.0 Å². The molecule has 0 aliphatic heterocycles. The number of aliphatic imine (C=N–C) groups is 1. The summed E-state index contributed by atoms with van der Waals surface area (Å²) >= 11 is 1.68. The summed E-state index contributed by atoms with van der Waals surface area (Å²) in [4.78, 5) is 8.61. The molecule has 3 rings (SSSR count). The molecule has 158 valence electrons. The Kier molecular flexibility index (Phi) is 9.99. The summed E-state index contributed by atoms with van der Waals surface area (Å²) in [6.07, 6.45) is 6.37. The maximum absolute atomic E-state index is 13.5. The van der Waals surface area contributed by atoms with E-state index in [4.69, 9.17) is 4.74 Å². The van der Waals surface area contributed by atoms with E-state index >= 15 is 0 Å². The first-order valence-electron chi connectivity index (χ1n) is 9.46. The summed E-state index contributed by atoms with van der Waals surface area (Å²) in [5.74, 6) is 2.66. The number of pyridine rings is 1. The van der Waals surface area contributed by atoms with Crippen LogP contribution in [0, 0.1) is 11.7 Å². The highest BCUT2D eigenvalue weighted by Gasteiger charge is 2.22. The summed E-state index contributed by atoms with van der Waals surface area (Å²) in [6.45, 7) is 1.96. The zero-order valence-electron chi connectivity index (χ0n) is 16.8. The Balaban J connectivity index is 0.00000300. The Morgan fingerprint density at radius 2 is 2.00 bits per heavy atom. The van der Waals surface area contributed by atoms with Gasteiger partial charge in [0.2, 0.25) is 5.88 Å². The van der Waals surface area contributed by atoms with Crippen LogP contribution in [0.15, 0.2) is 41.5 Å². The fourth-order valence-corrected chi connectivity index (χ4v) is 3.31. The minimum Gasteiger partial charge on any atom is -0.477 e. The van der Waals surface area contributed by atoms with E-state index in [-0.39, 0.29) is 29.8 Å². The van der Waals surface area contributed by atoms with Crippen molar-refractivity contribution in [2.24, 2.45) is 10.9 Å². The zero-order chi connectivity index (χ0) is 19.8. The second-order valence-corrected chi connectivity index (χ2v) is 7.75. The van der Waals surface area contributed by atoms with Gasteiger partial charge in [-0.1, -0.05) is 12.1 Å². The minimum absolute atomic E-state index is 0. The molecular weight excluding hydrogens is 502 g/mol. The van der Waals surface area contributed by atoms with Gasteiger partial charge in [-0.05, 0) is 53.8 Å². The molecule has 0 atom stereocenters. The molecule has 0 saturated heterocycles. The first-order chi connectivity index (χ1) is 13.7. The molecule has 1 heterocycles. The molecule has 5 nitrogen and oxygen atoms in total. The lowest BCUT2D eigenvalue weighted by atomic mass is 10.1. The van der Waals surface area contributed by atoms with Crippen molar-refractivity contribution in [3.63, 3.8) is 0 Å². The highest BCUT2D eigenvalue weighted by Crippen LogP contribution is 2.29. The van der Waals surface area contributed by atoms with Crippen molar-refractivity contribution in [2.75, 3.05) is 19.9 Å². The van der Waals surface area contributed by atoms with Crippen LogP contribution in [0.1, 0.15) is 29.5 Å². The predicted molar refractivity (Wildman–Crippen MR) is 129 cm³/mol. The number of nitrogens with zero attached hydrogens (tertiary/aromatic N) is 2. The number of hydrogen-bond acceptors (Lipinski definition) is 4. The first-order valence-corrected chi connectivity index (χ1v) is 10.9. The van der Waals surface area contributed by atoms with Crippen LogP contribution < -0.4 is 15.4 Å². The fraction of sp³-hybridized carbons (Fsp3) is 0.429. The third-order valence-corrected chi connectivity index (χ3v) is 5.16. The third-order valence-electron chi connectivity index (χ3n) is 4.56. The number of benzene rings is 1. The van der Waals surface area contributed by atoms with Crippen molar-refractivity contribution < 1.29 is 9.13 Å². The quantitative estimate of drug-likeness (QED) is 0.287. The third kappa shape index (κ3) is 8.00. The minimum atomic E-state index is -0.202. The molecule has 8 heteroatoms. The monoisotopic (exact) mass is 530 g/mol. The van der Waals surface area contributed by atoms with E-state index in [0.717, 1.165) is 35.0 Å². The van der Waals surface area contributed by atoms with Crippen LogP contribution in [0.2, 0.25) is 0 Å². The van der Waals surface area contributed by atoms with Gasteiger partial charge in [0.25, 0.3) is 0 Å². The number of nitrogens with one attached hydrogen (secondary N) is 2. The van der Waals surface area contributed by atoms with Gasteiger partial charge in [0.1, 0.15) is 5.82 Å². The van der Waals surface area contributed by atoms with Gasteiger partial charge in [0.15, 0.2) is 5.96 Å². The Bertz CT molecular complexity index is 800. The summed E-state index contributed by atoms with van der Waals surface area (Å²) in [6, 6.07) is 8.83. The molecule has 1 aromatic carbocycles. The lowest BCUT2D eigenvalue weighted by molar-refractivity contribution is 0.288. The molecule has 1 aromatic heterocycles. The van der Waals surface area contributed by atoms with Crippen LogP contribution in [0.3, 0.4) is 0 Å². The van der Waals surface area contributed by atoms with E-state index in [9.17, 15) is 4.39 Å². The van der Waals surface area contributed by atoms with Gasteiger partial charge in [-0.2, -0.15) is 11.8 Å². The molecule has 1 aliphatic carbocycles. The van der Waals surface area contributed by atoms with Crippen LogP contribution in [-0.2, 0) is 18.8 Å². The first kappa shape index (κ1) is 23.7. The largest absolute Gasteiger partial charge is 0.477 e. The molecule has 1 fully saturated rings. The van der Waals surface area contributed by atoms with Crippen LogP contribution in [0.25, 0.3) is 0 Å². The van der Waals surface area contributed by atoms with Crippen molar-refractivity contribution in [1.82, 2.24) is 15.6 Å². The number of ether oxygens (including phenoxy) is 1. The number of halogens is 2. The lowest BCUT2D eigenvalue weighted by Crippen LogP contribution is -2.36. The van der Waals surface area contributed by atoms with Gasteiger partial charge in [0, 0.05) is 38.2 Å². The Hall–Kier alpha value is -1.55. The topological polar surface area (TPSA) is 58.5 Å². The van der Waals surface area contributed by atoms with E-state index in [1.54, 1.807) is 24.9 Å². The highest BCUT2D eigenvalue weighted by atomic mass is 127. The van der Waals surface area contributed by atoms with Crippen molar-refractivity contribution in [3.05, 3.63) is 59.0 Å². The molecule has 0 radical (unpaired) electrons. The van der Waals surface area contributed by atoms with Crippen LogP contribution >= 0.6 is 35.7 Å². The molecule has 2 N–H and O–H groups in total. The molecule has 2 aromatic rings.